The number of phenolic OH excluding ortho intramolecular Hbond substituents is 2. The molecule has 5 heterocycles. The van der Waals surface area contributed by atoms with E-state index in [9.17, 15) is 39.0 Å². The van der Waals surface area contributed by atoms with Gasteiger partial charge in [0.15, 0.2) is 0 Å². The van der Waals surface area contributed by atoms with Gasteiger partial charge in [0.2, 0.25) is 23.6 Å². The monoisotopic (exact) mass is 1110 g/mol. The number of carbonyl (C=O) groups is 6. The van der Waals surface area contributed by atoms with E-state index in [2.05, 4.69) is 21.7 Å². The van der Waals surface area contributed by atoms with Gasteiger partial charge in [0.05, 0.1) is 31.7 Å². The fourth-order valence-corrected chi connectivity index (χ4v) is 11.4. The molecule has 11 rings (SSSR count). The van der Waals surface area contributed by atoms with Gasteiger partial charge in [0, 0.05) is 64.7 Å². The van der Waals surface area contributed by atoms with Crippen molar-refractivity contribution in [2.75, 3.05) is 40.3 Å². The third-order valence-corrected chi connectivity index (χ3v) is 15.5. The van der Waals surface area contributed by atoms with Crippen molar-refractivity contribution >= 4 is 46.6 Å². The second-order valence-corrected chi connectivity index (χ2v) is 21.3. The molecule has 4 aliphatic heterocycles. The van der Waals surface area contributed by atoms with Gasteiger partial charge < -0.3 is 40.4 Å². The fraction of sp³-hybridized carbons (Fsp3) is 0.286. The highest BCUT2D eigenvalue weighted by molar-refractivity contribution is 5.93. The molecule has 4 saturated heterocycles. The van der Waals surface area contributed by atoms with Crippen molar-refractivity contribution in [1.29, 1.82) is 0 Å². The molecule has 0 unspecified atom stereocenters. The highest BCUT2D eigenvalue weighted by Crippen LogP contribution is 2.32. The van der Waals surface area contributed by atoms with E-state index < -0.39 is 24.4 Å². The maximum Gasteiger partial charge on any atom is 0.334 e. The second-order valence-electron chi connectivity index (χ2n) is 21.3. The van der Waals surface area contributed by atoms with Crippen molar-refractivity contribution < 1.29 is 39.0 Å². The SMILES string of the molecule is CN1CC(=O)N2[C@@H](Cc3ccc(O)cc3)C(=O)N(Cc3cccc4cccnc34)C[C@@H]2N1C(=O)NCc1ccccc1.Cc1ccc(CN2C[C@H]3N(C(=O)CN(C)N3C(=O)NCc3ccccc3)[C@@H](Cc3ccc(O)cc3)C2=O)c(C)c1. The Bertz CT molecular complexity index is 3460. The van der Waals surface area contributed by atoms with Crippen LogP contribution in [-0.4, -0.2) is 155 Å². The van der Waals surface area contributed by atoms with Crippen LogP contribution in [0.4, 0.5) is 9.59 Å². The van der Waals surface area contributed by atoms with Crippen LogP contribution in [0.25, 0.3) is 10.9 Å². The Morgan fingerprint density at radius 2 is 1.00 bits per heavy atom. The number of para-hydroxylation sites is 1. The topological polar surface area (TPSA) is 206 Å². The molecule has 0 radical (unpaired) electrons. The summed E-state index contributed by atoms with van der Waals surface area (Å²) in [6.45, 7) is 5.64. The molecule has 0 aliphatic carbocycles. The number of benzene rings is 6. The number of likely N-dealkylation sites (N-methyl/N-ethyl adjacent to an activating group) is 2. The van der Waals surface area contributed by atoms with Crippen LogP contribution in [0.5, 0.6) is 11.5 Å². The molecule has 19 nitrogen and oxygen atoms in total. The number of nitrogens with zero attached hydrogens (tertiary/aromatic N) is 9. The highest BCUT2D eigenvalue weighted by atomic mass is 16.3. The van der Waals surface area contributed by atoms with E-state index in [1.807, 2.05) is 117 Å². The Morgan fingerprint density at radius 3 is 1.48 bits per heavy atom. The van der Waals surface area contributed by atoms with Crippen LogP contribution in [0.3, 0.4) is 0 Å². The summed E-state index contributed by atoms with van der Waals surface area (Å²) in [4.78, 5) is 93.6. The average molecular weight is 1110 g/mol. The number of aryl methyl sites for hydroxylation is 2. The number of carbonyl (C=O) groups excluding carboxylic acids is 6. The Kier molecular flexibility index (Phi) is 16.8. The Hall–Kier alpha value is -9.33. The Balaban J connectivity index is 0.000000184. The summed E-state index contributed by atoms with van der Waals surface area (Å²) in [7, 11) is 3.43. The molecule has 0 spiro atoms. The van der Waals surface area contributed by atoms with Crippen LogP contribution >= 0.6 is 0 Å². The summed E-state index contributed by atoms with van der Waals surface area (Å²) >= 11 is 0. The first-order valence-electron chi connectivity index (χ1n) is 27.4. The van der Waals surface area contributed by atoms with Gasteiger partial charge in [-0.3, -0.25) is 24.2 Å². The van der Waals surface area contributed by atoms with E-state index in [4.69, 9.17) is 0 Å². The molecule has 4 atom stereocenters. The maximum atomic E-state index is 14.1. The highest BCUT2D eigenvalue weighted by Gasteiger charge is 2.52. The molecule has 4 N–H and O–H groups in total. The maximum absolute atomic E-state index is 14.1. The molecule has 4 aliphatic rings. The predicted octanol–water partition coefficient (Wildman–Crippen LogP) is 6.31. The second kappa shape index (κ2) is 24.6. The number of hydrazine groups is 2. The molecule has 6 aromatic carbocycles. The van der Waals surface area contributed by atoms with E-state index in [1.165, 1.54) is 0 Å². The van der Waals surface area contributed by atoms with Crippen molar-refractivity contribution in [3.05, 3.63) is 208 Å². The molecule has 0 bridgehead atoms. The van der Waals surface area contributed by atoms with Gasteiger partial charge in [0.25, 0.3) is 0 Å². The van der Waals surface area contributed by atoms with Crippen molar-refractivity contribution in [2.24, 2.45) is 0 Å². The lowest BCUT2D eigenvalue weighted by Crippen LogP contribution is -2.76. The van der Waals surface area contributed by atoms with Crippen molar-refractivity contribution in [3.8, 4) is 11.5 Å². The average Bonchev–Trinajstić information content (AvgIpc) is 1.58. The molecule has 0 saturated carbocycles. The van der Waals surface area contributed by atoms with E-state index in [0.29, 0.717) is 19.6 Å². The number of hydrogen-bond acceptors (Lipinski definition) is 11. The van der Waals surface area contributed by atoms with E-state index in [-0.39, 0.29) is 92.8 Å². The number of nitrogens with one attached hydrogen (secondary N) is 2. The van der Waals surface area contributed by atoms with E-state index in [1.54, 1.807) is 108 Å². The van der Waals surface area contributed by atoms with Crippen LogP contribution in [0.1, 0.15) is 44.5 Å². The number of fused-ring (bicyclic) bond motifs is 3. The van der Waals surface area contributed by atoms with Crippen LogP contribution in [0.15, 0.2) is 164 Å². The minimum atomic E-state index is -0.832. The summed E-state index contributed by atoms with van der Waals surface area (Å²) in [5, 5.41) is 32.9. The van der Waals surface area contributed by atoms with Gasteiger partial charge in [0.1, 0.15) is 35.9 Å². The number of hydrogen-bond donors (Lipinski definition) is 4. The molecule has 7 aromatic rings. The normalized spacial score (nSPS) is 19.4. The molecule has 4 fully saturated rings. The third kappa shape index (κ3) is 12.3. The number of rotatable bonds is 12. The van der Waals surface area contributed by atoms with E-state index in [0.717, 1.165) is 55.4 Å². The molecular formula is C63H67N11O8. The lowest BCUT2D eigenvalue weighted by Gasteiger charge is -2.54. The zero-order chi connectivity index (χ0) is 57.6. The number of aromatic hydroxyl groups is 2. The smallest absolute Gasteiger partial charge is 0.334 e. The van der Waals surface area contributed by atoms with Crippen molar-refractivity contribution in [1.82, 2.24) is 55.3 Å². The predicted molar refractivity (Wildman–Crippen MR) is 307 cm³/mol. The number of piperazine rings is 2. The van der Waals surface area contributed by atoms with Gasteiger partial charge in [-0.25, -0.2) is 29.6 Å². The van der Waals surface area contributed by atoms with Gasteiger partial charge >= 0.3 is 12.1 Å². The van der Waals surface area contributed by atoms with Crippen LogP contribution in [-0.2, 0) is 58.2 Å². The van der Waals surface area contributed by atoms with Crippen LogP contribution in [0.2, 0.25) is 0 Å². The number of phenols is 2. The third-order valence-electron chi connectivity index (χ3n) is 15.5. The first-order chi connectivity index (χ1) is 39.6. The first kappa shape index (κ1) is 56.0. The van der Waals surface area contributed by atoms with Gasteiger partial charge in [-0.2, -0.15) is 0 Å². The minimum Gasteiger partial charge on any atom is -0.508 e. The zero-order valence-electron chi connectivity index (χ0n) is 46.3. The fourth-order valence-electron chi connectivity index (χ4n) is 11.4. The molecule has 82 heavy (non-hydrogen) atoms. The van der Waals surface area contributed by atoms with Crippen molar-refractivity contribution in [2.45, 2.75) is 77.3 Å². The van der Waals surface area contributed by atoms with Crippen molar-refractivity contribution in [3.63, 3.8) is 0 Å². The summed E-state index contributed by atoms with van der Waals surface area (Å²) < 4.78 is 0. The lowest BCUT2D eigenvalue weighted by atomic mass is 9.97. The summed E-state index contributed by atoms with van der Waals surface area (Å²) in [6, 6.07) is 46.1. The summed E-state index contributed by atoms with van der Waals surface area (Å²) in [5.41, 5.74) is 8.46. The van der Waals surface area contributed by atoms with Gasteiger partial charge in [-0.1, -0.05) is 133 Å². The zero-order valence-corrected chi connectivity index (χ0v) is 46.3. The van der Waals surface area contributed by atoms with Crippen LogP contribution in [0, 0.1) is 13.8 Å². The standard InChI is InChI=1S/C32H32N6O4.C31H35N5O4/c1-35-21-29(40)37-27(17-22-12-14-26(39)15-13-22)31(41)36(19-25-10-5-9-24-11-6-16-33-30(24)25)20-28(37)38(35)32(42)34-18-23-7-3-2-4-8-23;1-21-9-12-25(22(2)15-21)18-34-19-28-35(27(30(34)39)16-23-10-13-26(37)14-11-23)29(38)20-33(3)36(28)31(40)32-17-24-7-5-4-6-8-24/h2-16,27-28,39H,17-21H2,1H3,(H,34,42);4-15,27-28,37H,16-20H2,1-3H3,(H,32,40)/t2*27-,28-/m00/s1. The molecule has 8 amide bonds. The molecule has 19 heteroatoms. The minimum absolute atomic E-state index is 0.0221. The largest absolute Gasteiger partial charge is 0.508 e. The number of aromatic nitrogens is 1. The summed E-state index contributed by atoms with van der Waals surface area (Å²) in [6.07, 6.45) is 0.859. The van der Waals surface area contributed by atoms with Crippen LogP contribution < -0.4 is 10.6 Å². The number of urea groups is 2. The first-order valence-corrected chi connectivity index (χ1v) is 27.4. The Morgan fingerprint density at radius 1 is 0.537 bits per heavy atom. The molecular weight excluding hydrogens is 1040 g/mol. The molecule has 1 aromatic heterocycles. The number of pyridine rings is 1. The number of amides is 8. The van der Waals surface area contributed by atoms with Gasteiger partial charge in [-0.05, 0) is 83.1 Å². The quantitative estimate of drug-likeness (QED) is 0.107. The lowest BCUT2D eigenvalue weighted by molar-refractivity contribution is -0.187. The molecule has 422 valence electrons. The summed E-state index contributed by atoms with van der Waals surface area (Å²) in [5.74, 6) is -0.540. The Labute approximate surface area is 476 Å². The van der Waals surface area contributed by atoms with E-state index >= 15 is 0 Å². The van der Waals surface area contributed by atoms with Gasteiger partial charge in [-0.15, -0.1) is 0 Å².